The molecule has 3 aromatic rings. The van der Waals surface area contributed by atoms with Crippen molar-refractivity contribution >= 4 is 23.2 Å². The summed E-state index contributed by atoms with van der Waals surface area (Å²) in [7, 11) is 0. The third-order valence-corrected chi connectivity index (χ3v) is 3.76. The summed E-state index contributed by atoms with van der Waals surface area (Å²) in [5, 5.41) is 5.57. The number of hydrogen-bond donors (Lipinski definition) is 2. The highest BCUT2D eigenvalue weighted by molar-refractivity contribution is 6.07. The highest BCUT2D eigenvalue weighted by Crippen LogP contribution is 2.20. The molecule has 0 radical (unpaired) electrons. The van der Waals surface area contributed by atoms with Gasteiger partial charge in [-0.2, -0.15) is 0 Å². The number of hydrogen-bond acceptors (Lipinski definition) is 4. The summed E-state index contributed by atoms with van der Waals surface area (Å²) in [5.74, 6) is 0.0131. The molecule has 2 N–H and O–H groups in total. The van der Waals surface area contributed by atoms with E-state index in [2.05, 4.69) is 15.6 Å². The standard InChI is InChI=1S/C21H19N3O3/c1-2-27-19-8-4-3-7-18(19)21(26)23-16-11-9-15(10-12-16)20(25)24-17-6-5-13-22-14-17/h3-14H,2H2,1H3,(H,23,26)(H,24,25). The third kappa shape index (κ3) is 4.70. The fourth-order valence-corrected chi connectivity index (χ4v) is 2.48. The fourth-order valence-electron chi connectivity index (χ4n) is 2.48. The van der Waals surface area contributed by atoms with E-state index < -0.39 is 0 Å². The van der Waals surface area contributed by atoms with Gasteiger partial charge in [-0.25, -0.2) is 0 Å². The Balaban J connectivity index is 1.67. The lowest BCUT2D eigenvalue weighted by Gasteiger charge is -2.11. The van der Waals surface area contributed by atoms with E-state index in [0.29, 0.717) is 34.9 Å². The minimum atomic E-state index is -0.272. The molecule has 6 nitrogen and oxygen atoms in total. The normalized spacial score (nSPS) is 10.1. The summed E-state index contributed by atoms with van der Waals surface area (Å²) < 4.78 is 5.48. The average Bonchev–Trinajstić information content (AvgIpc) is 2.70. The zero-order chi connectivity index (χ0) is 19.1. The van der Waals surface area contributed by atoms with E-state index in [9.17, 15) is 9.59 Å². The molecule has 3 rings (SSSR count). The molecule has 1 aromatic heterocycles. The molecule has 136 valence electrons. The number of carbonyl (C=O) groups is 2. The van der Waals surface area contributed by atoms with Gasteiger partial charge >= 0.3 is 0 Å². The molecular formula is C21H19N3O3. The second-order valence-corrected chi connectivity index (χ2v) is 5.66. The molecule has 2 amide bonds. The van der Waals surface area contributed by atoms with Crippen LogP contribution in [0.1, 0.15) is 27.6 Å². The first-order valence-electron chi connectivity index (χ1n) is 8.52. The Hall–Kier alpha value is -3.67. The number of nitrogens with one attached hydrogen (secondary N) is 2. The van der Waals surface area contributed by atoms with Crippen molar-refractivity contribution in [3.63, 3.8) is 0 Å². The van der Waals surface area contributed by atoms with Gasteiger partial charge in [0.1, 0.15) is 5.75 Å². The Labute approximate surface area is 157 Å². The van der Waals surface area contributed by atoms with Crippen molar-refractivity contribution in [2.75, 3.05) is 17.2 Å². The van der Waals surface area contributed by atoms with E-state index in [1.807, 2.05) is 13.0 Å². The van der Waals surface area contributed by atoms with Crippen molar-refractivity contribution in [2.24, 2.45) is 0 Å². The van der Waals surface area contributed by atoms with Gasteiger partial charge in [0.05, 0.1) is 24.1 Å². The molecule has 0 unspecified atom stereocenters. The van der Waals surface area contributed by atoms with Crippen LogP contribution in [0.5, 0.6) is 5.75 Å². The Bertz CT molecular complexity index is 925. The predicted octanol–water partition coefficient (Wildman–Crippen LogP) is 3.98. The van der Waals surface area contributed by atoms with Crippen LogP contribution < -0.4 is 15.4 Å². The van der Waals surface area contributed by atoms with Gasteiger partial charge in [-0.15, -0.1) is 0 Å². The first-order chi connectivity index (χ1) is 13.2. The van der Waals surface area contributed by atoms with E-state index in [-0.39, 0.29) is 11.8 Å². The van der Waals surface area contributed by atoms with Gasteiger partial charge in [0, 0.05) is 17.4 Å². The van der Waals surface area contributed by atoms with Crippen LogP contribution in [0.2, 0.25) is 0 Å². The predicted molar refractivity (Wildman–Crippen MR) is 104 cm³/mol. The van der Waals surface area contributed by atoms with Crippen molar-refractivity contribution in [3.8, 4) is 5.75 Å². The maximum absolute atomic E-state index is 12.5. The first-order valence-corrected chi connectivity index (χ1v) is 8.52. The van der Waals surface area contributed by atoms with E-state index in [0.717, 1.165) is 0 Å². The molecule has 0 saturated carbocycles. The van der Waals surface area contributed by atoms with E-state index in [1.165, 1.54) is 0 Å². The first kappa shape index (κ1) is 18.1. The molecule has 0 spiro atoms. The van der Waals surface area contributed by atoms with Crippen LogP contribution in [0.15, 0.2) is 73.1 Å². The SMILES string of the molecule is CCOc1ccccc1C(=O)Nc1ccc(C(=O)Nc2cccnc2)cc1. The number of pyridine rings is 1. The van der Waals surface area contributed by atoms with Crippen molar-refractivity contribution in [1.29, 1.82) is 0 Å². The number of rotatable bonds is 6. The van der Waals surface area contributed by atoms with Crippen LogP contribution in [0, 0.1) is 0 Å². The Morgan fingerprint density at radius 2 is 1.63 bits per heavy atom. The van der Waals surface area contributed by atoms with Crippen molar-refractivity contribution in [1.82, 2.24) is 4.98 Å². The number of nitrogens with zero attached hydrogens (tertiary/aromatic N) is 1. The molecule has 0 aliphatic heterocycles. The van der Waals surface area contributed by atoms with Crippen LogP contribution in [0.25, 0.3) is 0 Å². The van der Waals surface area contributed by atoms with E-state index >= 15 is 0 Å². The Morgan fingerprint density at radius 1 is 0.889 bits per heavy atom. The molecular weight excluding hydrogens is 342 g/mol. The fraction of sp³-hybridized carbons (Fsp3) is 0.0952. The van der Waals surface area contributed by atoms with Crippen LogP contribution in [0.4, 0.5) is 11.4 Å². The highest BCUT2D eigenvalue weighted by atomic mass is 16.5. The zero-order valence-electron chi connectivity index (χ0n) is 14.8. The van der Waals surface area contributed by atoms with E-state index in [4.69, 9.17) is 4.74 Å². The minimum absolute atomic E-state index is 0.248. The summed E-state index contributed by atoms with van der Waals surface area (Å²) in [6, 6.07) is 17.2. The van der Waals surface area contributed by atoms with Crippen LogP contribution in [0.3, 0.4) is 0 Å². The molecule has 1 heterocycles. The Kier molecular flexibility index (Phi) is 5.79. The summed E-state index contributed by atoms with van der Waals surface area (Å²) in [6.07, 6.45) is 3.21. The Morgan fingerprint density at radius 3 is 2.33 bits per heavy atom. The quantitative estimate of drug-likeness (QED) is 0.696. The largest absolute Gasteiger partial charge is 0.493 e. The number of ether oxygens (including phenoxy) is 1. The van der Waals surface area contributed by atoms with Crippen molar-refractivity contribution in [3.05, 3.63) is 84.2 Å². The monoisotopic (exact) mass is 361 g/mol. The lowest BCUT2D eigenvalue weighted by atomic mass is 10.1. The van der Waals surface area contributed by atoms with Gasteiger partial charge in [0.15, 0.2) is 0 Å². The summed E-state index contributed by atoms with van der Waals surface area (Å²) >= 11 is 0. The third-order valence-electron chi connectivity index (χ3n) is 3.76. The van der Waals surface area contributed by atoms with Crippen LogP contribution in [-0.4, -0.2) is 23.4 Å². The highest BCUT2D eigenvalue weighted by Gasteiger charge is 2.12. The zero-order valence-corrected chi connectivity index (χ0v) is 14.8. The molecule has 27 heavy (non-hydrogen) atoms. The van der Waals surface area contributed by atoms with Crippen LogP contribution in [-0.2, 0) is 0 Å². The van der Waals surface area contributed by atoms with Crippen LogP contribution >= 0.6 is 0 Å². The number of amides is 2. The minimum Gasteiger partial charge on any atom is -0.493 e. The summed E-state index contributed by atoms with van der Waals surface area (Å²) in [6.45, 7) is 2.34. The van der Waals surface area contributed by atoms with Crippen molar-refractivity contribution in [2.45, 2.75) is 6.92 Å². The maximum Gasteiger partial charge on any atom is 0.259 e. The molecule has 2 aromatic carbocycles. The smallest absolute Gasteiger partial charge is 0.259 e. The van der Waals surface area contributed by atoms with Gasteiger partial charge < -0.3 is 15.4 Å². The van der Waals surface area contributed by atoms with Gasteiger partial charge in [0.25, 0.3) is 11.8 Å². The lowest BCUT2D eigenvalue weighted by Crippen LogP contribution is -2.14. The van der Waals surface area contributed by atoms with Gasteiger partial charge in [0.2, 0.25) is 0 Å². The molecule has 6 heteroatoms. The molecule has 0 atom stereocenters. The molecule has 0 aliphatic carbocycles. The number of carbonyl (C=O) groups excluding carboxylic acids is 2. The molecule has 0 saturated heterocycles. The number of para-hydroxylation sites is 1. The second kappa shape index (κ2) is 8.62. The molecule has 0 aliphatic rings. The van der Waals surface area contributed by atoms with Gasteiger partial charge in [-0.05, 0) is 55.5 Å². The summed E-state index contributed by atoms with van der Waals surface area (Å²) in [4.78, 5) is 28.7. The second-order valence-electron chi connectivity index (χ2n) is 5.66. The van der Waals surface area contributed by atoms with Gasteiger partial charge in [-0.3, -0.25) is 14.6 Å². The topological polar surface area (TPSA) is 80.3 Å². The number of aromatic nitrogens is 1. The molecule has 0 fully saturated rings. The molecule has 0 bridgehead atoms. The average molecular weight is 361 g/mol. The number of benzene rings is 2. The van der Waals surface area contributed by atoms with E-state index in [1.54, 1.807) is 67.0 Å². The summed E-state index contributed by atoms with van der Waals surface area (Å²) in [5.41, 5.74) is 2.14. The van der Waals surface area contributed by atoms with Crippen molar-refractivity contribution < 1.29 is 14.3 Å². The maximum atomic E-state index is 12.5. The lowest BCUT2D eigenvalue weighted by molar-refractivity contribution is 0.101. The number of anilines is 2. The van der Waals surface area contributed by atoms with Gasteiger partial charge in [-0.1, -0.05) is 12.1 Å².